The molecule has 0 aliphatic carbocycles. The van der Waals surface area contributed by atoms with Gasteiger partial charge >= 0.3 is 5.97 Å². The molecule has 0 aromatic carbocycles. The lowest BCUT2D eigenvalue weighted by atomic mass is 9.82. The van der Waals surface area contributed by atoms with E-state index in [2.05, 4.69) is 31.0 Å². The van der Waals surface area contributed by atoms with Gasteiger partial charge in [-0.3, -0.25) is 4.79 Å². The van der Waals surface area contributed by atoms with Crippen LogP contribution in [0.1, 0.15) is 66.2 Å². The fraction of sp³-hybridized carbons (Fsp3) is 0.941. The van der Waals surface area contributed by atoms with Crippen LogP contribution < -0.4 is 5.32 Å². The van der Waals surface area contributed by atoms with Crippen LogP contribution in [-0.2, 0) is 4.79 Å². The van der Waals surface area contributed by atoms with Gasteiger partial charge < -0.3 is 15.3 Å². The largest absolute Gasteiger partial charge is 0.480 e. The quantitative estimate of drug-likeness (QED) is 0.650. The van der Waals surface area contributed by atoms with Gasteiger partial charge in [-0.2, -0.15) is 0 Å². The second kappa shape index (κ2) is 8.14. The predicted octanol–water partition coefficient (Wildman–Crippen LogP) is 3.12. The van der Waals surface area contributed by atoms with E-state index >= 15 is 0 Å². The summed E-state index contributed by atoms with van der Waals surface area (Å²) in [5.41, 5.74) is -0.265. The lowest BCUT2D eigenvalue weighted by Crippen LogP contribution is -2.50. The van der Waals surface area contributed by atoms with E-state index in [4.69, 9.17) is 0 Å². The Kier molecular flexibility index (Phi) is 7.14. The molecule has 21 heavy (non-hydrogen) atoms. The van der Waals surface area contributed by atoms with E-state index in [0.29, 0.717) is 11.8 Å². The Morgan fingerprint density at radius 3 is 2.48 bits per heavy atom. The minimum atomic E-state index is -0.775. The third-order valence-electron chi connectivity index (χ3n) is 5.41. The lowest BCUT2D eigenvalue weighted by Gasteiger charge is -2.28. The summed E-state index contributed by atoms with van der Waals surface area (Å²) in [7, 11) is 0. The Labute approximate surface area is 130 Å². The number of carboxylic acids is 1. The Morgan fingerprint density at radius 2 is 2.00 bits per heavy atom. The smallest absolute Gasteiger partial charge is 0.323 e. The van der Waals surface area contributed by atoms with Crippen LogP contribution in [0, 0.1) is 5.41 Å². The summed E-state index contributed by atoms with van der Waals surface area (Å²) in [6.45, 7) is 12.6. The summed E-state index contributed by atoms with van der Waals surface area (Å²) in [6, 6.07) is 0. The Morgan fingerprint density at radius 1 is 1.33 bits per heavy atom. The number of carboxylic acid groups (broad SMARTS) is 1. The molecule has 0 radical (unpaired) electrons. The van der Waals surface area contributed by atoms with Crippen molar-refractivity contribution in [2.45, 2.75) is 71.8 Å². The second-order valence-corrected chi connectivity index (χ2v) is 6.90. The highest BCUT2D eigenvalue weighted by molar-refractivity contribution is 5.78. The molecule has 0 saturated carbocycles. The molecular formula is C17H34N2O2. The first-order valence-corrected chi connectivity index (χ1v) is 8.62. The zero-order chi connectivity index (χ0) is 15.9. The first-order valence-electron chi connectivity index (χ1n) is 8.62. The number of carbonyl (C=O) groups is 1. The van der Waals surface area contributed by atoms with Crippen molar-refractivity contribution in [3.8, 4) is 0 Å². The number of nitrogens with zero attached hydrogens (tertiary/aromatic N) is 1. The van der Waals surface area contributed by atoms with Crippen LogP contribution in [0.15, 0.2) is 0 Å². The molecule has 2 N–H and O–H groups in total. The number of hydrogen-bond donors (Lipinski definition) is 2. The van der Waals surface area contributed by atoms with Crippen molar-refractivity contribution in [3.05, 3.63) is 0 Å². The topological polar surface area (TPSA) is 52.6 Å². The molecule has 1 aliphatic rings. The van der Waals surface area contributed by atoms with Gasteiger partial charge in [-0.25, -0.2) is 0 Å². The molecule has 1 unspecified atom stereocenters. The molecule has 1 atom stereocenters. The summed E-state index contributed by atoms with van der Waals surface area (Å²) < 4.78 is 0. The highest BCUT2D eigenvalue weighted by atomic mass is 16.4. The lowest BCUT2D eigenvalue weighted by molar-refractivity contribution is -0.144. The van der Waals surface area contributed by atoms with Crippen LogP contribution >= 0.6 is 0 Å². The van der Waals surface area contributed by atoms with Crippen LogP contribution in [0.5, 0.6) is 0 Å². The number of rotatable bonds is 10. The summed E-state index contributed by atoms with van der Waals surface area (Å²) in [4.78, 5) is 14.0. The first kappa shape index (κ1) is 18.4. The number of nitrogens with one attached hydrogen (secondary N) is 1. The molecule has 1 rings (SSSR count). The molecule has 1 saturated heterocycles. The van der Waals surface area contributed by atoms with Crippen LogP contribution in [0.4, 0.5) is 0 Å². The van der Waals surface area contributed by atoms with Crippen molar-refractivity contribution in [3.63, 3.8) is 0 Å². The second-order valence-electron chi connectivity index (χ2n) is 6.90. The van der Waals surface area contributed by atoms with Gasteiger partial charge in [0.25, 0.3) is 0 Å². The monoisotopic (exact) mass is 298 g/mol. The van der Waals surface area contributed by atoms with Crippen molar-refractivity contribution in [2.24, 2.45) is 5.41 Å². The van der Waals surface area contributed by atoms with E-state index in [1.807, 2.05) is 6.92 Å². The molecule has 124 valence electrons. The van der Waals surface area contributed by atoms with E-state index in [1.165, 1.54) is 32.4 Å². The molecule has 1 heterocycles. The van der Waals surface area contributed by atoms with Gasteiger partial charge in [0.15, 0.2) is 0 Å². The zero-order valence-electron chi connectivity index (χ0n) is 14.4. The van der Waals surface area contributed by atoms with Gasteiger partial charge in [-0.15, -0.1) is 0 Å². The fourth-order valence-electron chi connectivity index (χ4n) is 3.37. The van der Waals surface area contributed by atoms with Crippen LogP contribution in [0.2, 0.25) is 0 Å². The standard InChI is InChI=1S/C17H34N2O2/c1-5-11-18-16(4,15(20)21)9-8-12-19-13-10-17(6-2,7-3)14-19/h18H,5-14H2,1-4H3,(H,20,21). The molecule has 4 heteroatoms. The molecule has 0 amide bonds. The number of likely N-dealkylation sites (tertiary alicyclic amines) is 1. The van der Waals surface area contributed by atoms with E-state index in [9.17, 15) is 9.90 Å². The molecule has 1 fully saturated rings. The Balaban J connectivity index is 2.40. The van der Waals surface area contributed by atoms with Gasteiger partial charge in [-0.05, 0) is 70.5 Å². The van der Waals surface area contributed by atoms with E-state index in [-0.39, 0.29) is 0 Å². The van der Waals surface area contributed by atoms with Gasteiger partial charge in [0.1, 0.15) is 5.54 Å². The predicted molar refractivity (Wildman–Crippen MR) is 87.6 cm³/mol. The maximum atomic E-state index is 11.5. The SMILES string of the molecule is CCCNC(C)(CCCN1CCC(CC)(CC)C1)C(=O)O. The molecular weight excluding hydrogens is 264 g/mol. The van der Waals surface area contributed by atoms with Crippen molar-refractivity contribution < 1.29 is 9.90 Å². The molecule has 0 spiro atoms. The molecule has 4 nitrogen and oxygen atoms in total. The Hall–Kier alpha value is -0.610. The van der Waals surface area contributed by atoms with E-state index < -0.39 is 11.5 Å². The maximum absolute atomic E-state index is 11.5. The van der Waals surface area contributed by atoms with E-state index in [0.717, 1.165) is 25.9 Å². The first-order chi connectivity index (χ1) is 9.91. The third-order valence-corrected chi connectivity index (χ3v) is 5.41. The minimum Gasteiger partial charge on any atom is -0.480 e. The molecule has 0 aromatic rings. The van der Waals surface area contributed by atoms with Crippen molar-refractivity contribution >= 4 is 5.97 Å². The van der Waals surface area contributed by atoms with Crippen molar-refractivity contribution in [1.82, 2.24) is 10.2 Å². The molecule has 0 bridgehead atoms. The van der Waals surface area contributed by atoms with Crippen LogP contribution in [0.3, 0.4) is 0 Å². The summed E-state index contributed by atoms with van der Waals surface area (Å²) in [5.74, 6) is -0.728. The van der Waals surface area contributed by atoms with Crippen LogP contribution in [-0.4, -0.2) is 47.7 Å². The third kappa shape index (κ3) is 4.96. The van der Waals surface area contributed by atoms with E-state index in [1.54, 1.807) is 0 Å². The zero-order valence-corrected chi connectivity index (χ0v) is 14.4. The fourth-order valence-corrected chi connectivity index (χ4v) is 3.37. The van der Waals surface area contributed by atoms with Gasteiger partial charge in [0.05, 0.1) is 0 Å². The summed E-state index contributed by atoms with van der Waals surface area (Å²) in [6.07, 6.45) is 6.41. The Bertz CT molecular complexity index is 329. The van der Waals surface area contributed by atoms with Gasteiger partial charge in [-0.1, -0.05) is 20.8 Å². The van der Waals surface area contributed by atoms with Gasteiger partial charge in [0.2, 0.25) is 0 Å². The molecule has 0 aromatic heterocycles. The van der Waals surface area contributed by atoms with Crippen molar-refractivity contribution in [2.75, 3.05) is 26.2 Å². The number of aliphatic carboxylic acids is 1. The molecule has 1 aliphatic heterocycles. The van der Waals surface area contributed by atoms with Crippen molar-refractivity contribution in [1.29, 1.82) is 0 Å². The summed E-state index contributed by atoms with van der Waals surface area (Å²) in [5, 5.41) is 12.6. The average Bonchev–Trinajstić information content (AvgIpc) is 2.89. The number of hydrogen-bond acceptors (Lipinski definition) is 3. The van der Waals surface area contributed by atoms with Crippen LogP contribution in [0.25, 0.3) is 0 Å². The highest BCUT2D eigenvalue weighted by Crippen LogP contribution is 2.37. The highest BCUT2D eigenvalue weighted by Gasteiger charge is 2.35. The minimum absolute atomic E-state index is 0.510. The van der Waals surface area contributed by atoms with Gasteiger partial charge in [0, 0.05) is 6.54 Å². The summed E-state index contributed by atoms with van der Waals surface area (Å²) >= 11 is 0. The maximum Gasteiger partial charge on any atom is 0.323 e. The normalized spacial score (nSPS) is 21.3. The average molecular weight is 298 g/mol.